The second kappa shape index (κ2) is 10.1. The molecule has 25 heavy (non-hydrogen) atoms. The van der Waals surface area contributed by atoms with Crippen LogP contribution in [-0.2, 0) is 9.53 Å². The number of para-hydroxylation sites is 2. The quantitative estimate of drug-likeness (QED) is 0.375. The van der Waals surface area contributed by atoms with Gasteiger partial charge in [-0.3, -0.25) is 10.1 Å². The zero-order valence-corrected chi connectivity index (χ0v) is 14.1. The van der Waals surface area contributed by atoms with E-state index in [4.69, 9.17) is 9.47 Å². The number of hydrogen-bond donors (Lipinski definition) is 2. The van der Waals surface area contributed by atoms with Gasteiger partial charge in [0.05, 0.1) is 11.5 Å². The molecule has 1 aromatic rings. The van der Waals surface area contributed by atoms with E-state index in [9.17, 15) is 24.8 Å². The molecule has 1 rings (SSSR count). The molecular weight excluding hydrogens is 332 g/mol. The van der Waals surface area contributed by atoms with E-state index >= 15 is 0 Å². The molecule has 0 saturated heterocycles. The lowest BCUT2D eigenvalue weighted by Crippen LogP contribution is -2.51. The van der Waals surface area contributed by atoms with Crippen LogP contribution in [-0.4, -0.2) is 40.8 Å². The van der Waals surface area contributed by atoms with Crippen LogP contribution < -0.4 is 10.1 Å². The molecular formula is C16H22N2O7. The van der Waals surface area contributed by atoms with Crippen molar-refractivity contribution in [3.63, 3.8) is 0 Å². The Morgan fingerprint density at radius 3 is 2.56 bits per heavy atom. The Morgan fingerprint density at radius 1 is 1.32 bits per heavy atom. The van der Waals surface area contributed by atoms with E-state index in [0.29, 0.717) is 6.42 Å². The second-order valence-electron chi connectivity index (χ2n) is 5.24. The number of hydrogen-bond acceptors (Lipinski definition) is 6. The van der Waals surface area contributed by atoms with Crippen molar-refractivity contribution in [1.82, 2.24) is 5.32 Å². The summed E-state index contributed by atoms with van der Waals surface area (Å²) in [5.41, 5.74) is -0.282. The minimum atomic E-state index is -1.40. The van der Waals surface area contributed by atoms with Crippen molar-refractivity contribution in [2.24, 2.45) is 0 Å². The van der Waals surface area contributed by atoms with E-state index in [2.05, 4.69) is 5.32 Å². The van der Waals surface area contributed by atoms with Crippen molar-refractivity contribution in [3.05, 3.63) is 34.4 Å². The SMILES string of the molecule is CCCCOC(=O)NC(C(=O)O)C(CC)Oc1ccccc1[N+](=O)[O-]. The van der Waals surface area contributed by atoms with Gasteiger partial charge in [-0.25, -0.2) is 9.59 Å². The predicted octanol–water partition coefficient (Wildman–Crippen LogP) is 2.73. The fourth-order valence-corrected chi connectivity index (χ4v) is 2.05. The number of nitro benzene ring substituents is 1. The van der Waals surface area contributed by atoms with E-state index in [-0.39, 0.29) is 24.5 Å². The Hall–Kier alpha value is -2.84. The molecule has 2 N–H and O–H groups in total. The number of nitrogens with zero attached hydrogens (tertiary/aromatic N) is 1. The topological polar surface area (TPSA) is 128 Å². The second-order valence-corrected chi connectivity index (χ2v) is 5.24. The van der Waals surface area contributed by atoms with Crippen molar-refractivity contribution in [3.8, 4) is 5.75 Å². The van der Waals surface area contributed by atoms with E-state index in [1.807, 2.05) is 6.92 Å². The highest BCUT2D eigenvalue weighted by Crippen LogP contribution is 2.28. The predicted molar refractivity (Wildman–Crippen MR) is 88.6 cm³/mol. The molecule has 0 saturated carbocycles. The fourth-order valence-electron chi connectivity index (χ4n) is 2.05. The number of nitro groups is 1. The van der Waals surface area contributed by atoms with Crippen LogP contribution in [0.2, 0.25) is 0 Å². The van der Waals surface area contributed by atoms with Crippen molar-refractivity contribution in [2.75, 3.05) is 6.61 Å². The lowest BCUT2D eigenvalue weighted by Gasteiger charge is -2.24. The number of carboxylic acids is 1. The Labute approximate surface area is 145 Å². The van der Waals surface area contributed by atoms with Crippen LogP contribution in [0.15, 0.2) is 24.3 Å². The van der Waals surface area contributed by atoms with E-state index in [1.54, 1.807) is 6.92 Å². The Morgan fingerprint density at radius 2 is 2.00 bits per heavy atom. The van der Waals surface area contributed by atoms with Gasteiger partial charge in [-0.1, -0.05) is 32.4 Å². The van der Waals surface area contributed by atoms with Gasteiger partial charge < -0.3 is 19.9 Å². The average Bonchev–Trinajstić information content (AvgIpc) is 2.58. The van der Waals surface area contributed by atoms with E-state index < -0.39 is 29.1 Å². The van der Waals surface area contributed by atoms with E-state index in [0.717, 1.165) is 6.42 Å². The number of carbonyl (C=O) groups excluding carboxylic acids is 1. The van der Waals surface area contributed by atoms with Crippen molar-refractivity contribution >= 4 is 17.7 Å². The first-order chi connectivity index (χ1) is 11.9. The van der Waals surface area contributed by atoms with E-state index in [1.165, 1.54) is 24.3 Å². The average molecular weight is 354 g/mol. The summed E-state index contributed by atoms with van der Waals surface area (Å²) in [5.74, 6) is -1.38. The number of unbranched alkanes of at least 4 members (excludes halogenated alkanes) is 1. The molecule has 9 heteroatoms. The fraction of sp³-hybridized carbons (Fsp3) is 0.500. The molecule has 1 amide bonds. The number of carbonyl (C=O) groups is 2. The number of benzene rings is 1. The van der Waals surface area contributed by atoms with Crippen molar-refractivity contribution in [2.45, 2.75) is 45.3 Å². The highest BCUT2D eigenvalue weighted by Gasteiger charge is 2.32. The van der Waals surface area contributed by atoms with Crippen molar-refractivity contribution in [1.29, 1.82) is 0 Å². The third-order valence-electron chi connectivity index (χ3n) is 3.38. The molecule has 0 aliphatic heterocycles. The zero-order valence-electron chi connectivity index (χ0n) is 14.1. The van der Waals surface area contributed by atoms with Gasteiger partial charge >= 0.3 is 17.7 Å². The van der Waals surface area contributed by atoms with Gasteiger partial charge in [0.25, 0.3) is 0 Å². The van der Waals surface area contributed by atoms with Gasteiger partial charge in [-0.2, -0.15) is 0 Å². The molecule has 1 aromatic carbocycles. The van der Waals surface area contributed by atoms with Crippen LogP contribution in [0.1, 0.15) is 33.1 Å². The van der Waals surface area contributed by atoms with Crippen LogP contribution in [0.3, 0.4) is 0 Å². The number of aliphatic carboxylic acids is 1. The third-order valence-corrected chi connectivity index (χ3v) is 3.38. The minimum absolute atomic E-state index is 0.0632. The smallest absolute Gasteiger partial charge is 0.407 e. The van der Waals surface area contributed by atoms with Gasteiger partial charge in [0.15, 0.2) is 11.8 Å². The number of ether oxygens (including phenoxy) is 2. The first-order valence-corrected chi connectivity index (χ1v) is 7.96. The summed E-state index contributed by atoms with van der Waals surface area (Å²) < 4.78 is 10.4. The summed E-state index contributed by atoms with van der Waals surface area (Å²) in [5, 5.41) is 22.6. The van der Waals surface area contributed by atoms with Gasteiger partial charge in [0.2, 0.25) is 0 Å². The standard InChI is InChI=1S/C16H22N2O7/c1-3-5-10-24-16(21)17-14(15(19)20)12(4-2)25-13-9-7-6-8-11(13)18(22)23/h6-9,12,14H,3-5,10H2,1-2H3,(H,17,21)(H,19,20). The summed E-state index contributed by atoms with van der Waals surface area (Å²) >= 11 is 0. The highest BCUT2D eigenvalue weighted by molar-refractivity contribution is 5.80. The molecule has 0 bridgehead atoms. The van der Waals surface area contributed by atoms with Gasteiger partial charge in [-0.15, -0.1) is 0 Å². The third kappa shape index (κ3) is 6.28. The molecule has 0 aliphatic carbocycles. The summed E-state index contributed by atoms with van der Waals surface area (Å²) in [6.45, 7) is 3.75. The summed E-state index contributed by atoms with van der Waals surface area (Å²) in [6, 6.07) is 4.24. The molecule has 0 aromatic heterocycles. The van der Waals surface area contributed by atoms with Crippen LogP contribution in [0.4, 0.5) is 10.5 Å². The summed E-state index contributed by atoms with van der Waals surface area (Å²) in [4.78, 5) is 33.6. The molecule has 2 unspecified atom stereocenters. The lowest BCUT2D eigenvalue weighted by molar-refractivity contribution is -0.386. The molecule has 9 nitrogen and oxygen atoms in total. The van der Waals surface area contributed by atoms with Gasteiger partial charge in [-0.05, 0) is 18.9 Å². The molecule has 0 aliphatic rings. The molecule has 0 heterocycles. The maximum atomic E-state index is 11.7. The number of amides is 1. The Bertz CT molecular complexity index is 606. The Balaban J connectivity index is 2.87. The largest absolute Gasteiger partial charge is 0.481 e. The van der Waals surface area contributed by atoms with Crippen LogP contribution in [0.25, 0.3) is 0 Å². The zero-order chi connectivity index (χ0) is 18.8. The normalized spacial score (nSPS) is 12.7. The number of rotatable bonds is 10. The molecule has 2 atom stereocenters. The van der Waals surface area contributed by atoms with Crippen LogP contribution in [0, 0.1) is 10.1 Å². The molecule has 0 radical (unpaired) electrons. The van der Waals surface area contributed by atoms with Crippen LogP contribution in [0.5, 0.6) is 5.75 Å². The maximum Gasteiger partial charge on any atom is 0.407 e. The first-order valence-electron chi connectivity index (χ1n) is 7.96. The number of nitrogens with one attached hydrogen (secondary N) is 1. The molecule has 138 valence electrons. The van der Waals surface area contributed by atoms with Crippen molar-refractivity contribution < 1.29 is 29.1 Å². The Kier molecular flexibility index (Phi) is 8.17. The van der Waals surface area contributed by atoms with Gasteiger partial charge in [0, 0.05) is 6.07 Å². The number of alkyl carbamates (subject to hydrolysis) is 1. The molecule has 0 spiro atoms. The highest BCUT2D eigenvalue weighted by atomic mass is 16.6. The summed E-state index contributed by atoms with van der Waals surface area (Å²) in [6.07, 6.45) is -0.177. The first kappa shape index (κ1) is 20.2. The van der Waals surface area contributed by atoms with Crippen LogP contribution >= 0.6 is 0 Å². The lowest BCUT2D eigenvalue weighted by atomic mass is 10.1. The maximum absolute atomic E-state index is 11.7. The summed E-state index contributed by atoms with van der Waals surface area (Å²) in [7, 11) is 0. The molecule has 0 fully saturated rings. The number of carboxylic acid groups (broad SMARTS) is 1. The monoisotopic (exact) mass is 354 g/mol. The van der Waals surface area contributed by atoms with Gasteiger partial charge in [0.1, 0.15) is 6.10 Å². The minimum Gasteiger partial charge on any atom is -0.481 e.